The normalized spacial score (nSPS) is 16.7. The van der Waals surface area contributed by atoms with Gasteiger partial charge in [0.1, 0.15) is 5.70 Å². The van der Waals surface area contributed by atoms with E-state index in [1.165, 1.54) is 13.2 Å². The molecule has 0 aromatic heterocycles. The molecule has 0 bridgehead atoms. The van der Waals surface area contributed by atoms with Crippen LogP contribution in [0.4, 0.5) is 4.79 Å². The van der Waals surface area contributed by atoms with Crippen LogP contribution in [0.1, 0.15) is 5.56 Å². The summed E-state index contributed by atoms with van der Waals surface area (Å²) in [6, 6.07) is 2.60. The van der Waals surface area contributed by atoms with Crippen LogP contribution in [-0.2, 0) is 4.79 Å². The third-order valence-electron chi connectivity index (χ3n) is 2.26. The van der Waals surface area contributed by atoms with Gasteiger partial charge < -0.3 is 10.1 Å². The van der Waals surface area contributed by atoms with Gasteiger partial charge in [0.25, 0.3) is 5.91 Å². The molecule has 1 aliphatic heterocycles. The van der Waals surface area contributed by atoms with Crippen LogP contribution in [-0.4, -0.2) is 19.0 Å². The third kappa shape index (κ3) is 2.42. The van der Waals surface area contributed by atoms with Gasteiger partial charge in [0.15, 0.2) is 5.75 Å². The summed E-state index contributed by atoms with van der Waals surface area (Å²) in [6.45, 7) is 0. The van der Waals surface area contributed by atoms with Crippen molar-refractivity contribution >= 4 is 41.2 Å². The van der Waals surface area contributed by atoms with Gasteiger partial charge in [0, 0.05) is 0 Å². The highest BCUT2D eigenvalue weighted by molar-refractivity contribution is 6.37. The van der Waals surface area contributed by atoms with Gasteiger partial charge >= 0.3 is 6.03 Å². The number of halogens is 2. The van der Waals surface area contributed by atoms with Crippen LogP contribution in [0.5, 0.6) is 5.75 Å². The van der Waals surface area contributed by atoms with Crippen molar-refractivity contribution in [1.29, 1.82) is 0 Å². The first kappa shape index (κ1) is 12.7. The van der Waals surface area contributed by atoms with Crippen molar-refractivity contribution < 1.29 is 14.3 Å². The summed E-state index contributed by atoms with van der Waals surface area (Å²) in [7, 11) is 1.45. The van der Waals surface area contributed by atoms with Gasteiger partial charge in [-0.1, -0.05) is 23.2 Å². The van der Waals surface area contributed by atoms with Crippen LogP contribution in [0.15, 0.2) is 17.8 Å². The lowest BCUT2D eigenvalue weighted by molar-refractivity contribution is -0.115. The number of urea groups is 1. The van der Waals surface area contributed by atoms with E-state index in [9.17, 15) is 9.59 Å². The van der Waals surface area contributed by atoms with Crippen LogP contribution in [0.3, 0.4) is 0 Å². The predicted molar refractivity (Wildman–Crippen MR) is 67.7 cm³/mol. The fourth-order valence-electron chi connectivity index (χ4n) is 1.51. The lowest BCUT2D eigenvalue weighted by Gasteiger charge is -2.06. The minimum absolute atomic E-state index is 0.136. The van der Waals surface area contributed by atoms with Crippen LogP contribution >= 0.6 is 23.2 Å². The SMILES string of the molecule is COc1c(Cl)cc(/C=C2/NC(=O)NC2=O)cc1Cl. The highest BCUT2D eigenvalue weighted by Gasteiger charge is 2.22. The standard InChI is InChI=1S/C11H8Cl2N2O3/c1-18-9-6(12)2-5(3-7(9)13)4-8-10(16)15-11(17)14-8/h2-4H,1H3,(H2,14,15,16,17)/b8-4+. The number of hydrogen-bond donors (Lipinski definition) is 2. The molecule has 5 nitrogen and oxygen atoms in total. The first-order valence-corrected chi connectivity index (χ1v) is 5.64. The van der Waals surface area contributed by atoms with Crippen molar-refractivity contribution in [1.82, 2.24) is 10.6 Å². The zero-order chi connectivity index (χ0) is 13.3. The lowest BCUT2D eigenvalue weighted by Crippen LogP contribution is -2.22. The van der Waals surface area contributed by atoms with E-state index in [-0.39, 0.29) is 5.70 Å². The quantitative estimate of drug-likeness (QED) is 0.647. The fourth-order valence-corrected chi connectivity index (χ4v) is 2.17. The maximum Gasteiger partial charge on any atom is 0.326 e. The number of methoxy groups -OCH3 is 1. The second-order valence-electron chi connectivity index (χ2n) is 3.48. The Morgan fingerprint density at radius 1 is 1.17 bits per heavy atom. The van der Waals surface area contributed by atoms with Gasteiger partial charge in [-0.25, -0.2) is 4.79 Å². The Labute approximate surface area is 113 Å². The largest absolute Gasteiger partial charge is 0.494 e. The number of imide groups is 1. The van der Waals surface area contributed by atoms with E-state index < -0.39 is 11.9 Å². The molecule has 3 amide bonds. The van der Waals surface area contributed by atoms with E-state index in [2.05, 4.69) is 10.6 Å². The van der Waals surface area contributed by atoms with Crippen molar-refractivity contribution in [3.8, 4) is 5.75 Å². The minimum atomic E-state index is -0.558. The molecule has 2 N–H and O–H groups in total. The summed E-state index contributed by atoms with van der Waals surface area (Å²) in [5, 5.41) is 5.10. The van der Waals surface area contributed by atoms with Crippen LogP contribution in [0, 0.1) is 0 Å². The zero-order valence-corrected chi connectivity index (χ0v) is 10.7. The lowest BCUT2D eigenvalue weighted by atomic mass is 10.2. The molecular formula is C11H8Cl2N2O3. The molecule has 1 saturated heterocycles. The maximum absolute atomic E-state index is 11.3. The number of carbonyl (C=O) groups is 2. The van der Waals surface area contributed by atoms with E-state index in [0.29, 0.717) is 21.4 Å². The zero-order valence-electron chi connectivity index (χ0n) is 9.21. The number of benzene rings is 1. The summed E-state index contributed by atoms with van der Waals surface area (Å²) in [5.74, 6) is -0.136. The molecule has 0 saturated carbocycles. The summed E-state index contributed by atoms with van der Waals surface area (Å²) in [6.07, 6.45) is 1.47. The van der Waals surface area contributed by atoms with Crippen molar-refractivity contribution in [2.24, 2.45) is 0 Å². The number of hydrogen-bond acceptors (Lipinski definition) is 3. The molecule has 1 heterocycles. The molecular weight excluding hydrogens is 279 g/mol. The number of carbonyl (C=O) groups excluding carboxylic acids is 2. The average Bonchev–Trinajstić information content (AvgIpc) is 2.57. The van der Waals surface area contributed by atoms with Gasteiger partial charge in [-0.05, 0) is 23.8 Å². The molecule has 1 aromatic carbocycles. The molecule has 1 aliphatic rings. The molecule has 0 aliphatic carbocycles. The number of rotatable bonds is 2. The Hall–Kier alpha value is -1.72. The predicted octanol–water partition coefficient (Wildman–Crippen LogP) is 2.18. The molecule has 94 valence electrons. The van der Waals surface area contributed by atoms with Crippen molar-refractivity contribution in [3.05, 3.63) is 33.4 Å². The number of ether oxygens (including phenoxy) is 1. The van der Waals surface area contributed by atoms with Crippen molar-refractivity contribution in [2.75, 3.05) is 7.11 Å². The van der Waals surface area contributed by atoms with Gasteiger partial charge in [0.05, 0.1) is 17.2 Å². The second-order valence-corrected chi connectivity index (χ2v) is 4.30. The van der Waals surface area contributed by atoms with Gasteiger partial charge in [-0.3, -0.25) is 10.1 Å². The topological polar surface area (TPSA) is 67.4 Å². The highest BCUT2D eigenvalue weighted by Crippen LogP contribution is 2.34. The van der Waals surface area contributed by atoms with Gasteiger partial charge in [0.2, 0.25) is 0 Å². The third-order valence-corrected chi connectivity index (χ3v) is 2.82. The van der Waals surface area contributed by atoms with Crippen molar-refractivity contribution in [3.63, 3.8) is 0 Å². The molecule has 0 radical (unpaired) electrons. The van der Waals surface area contributed by atoms with Crippen LogP contribution in [0.2, 0.25) is 10.0 Å². The average molecular weight is 287 g/mol. The van der Waals surface area contributed by atoms with Gasteiger partial charge in [-0.15, -0.1) is 0 Å². The number of nitrogens with one attached hydrogen (secondary N) is 2. The first-order valence-electron chi connectivity index (χ1n) is 4.88. The molecule has 18 heavy (non-hydrogen) atoms. The Morgan fingerprint density at radius 2 is 1.78 bits per heavy atom. The Kier molecular flexibility index (Phi) is 3.45. The van der Waals surface area contributed by atoms with Gasteiger partial charge in [-0.2, -0.15) is 0 Å². The van der Waals surface area contributed by atoms with E-state index in [4.69, 9.17) is 27.9 Å². The van der Waals surface area contributed by atoms with E-state index in [0.717, 1.165) is 0 Å². The smallest absolute Gasteiger partial charge is 0.326 e. The first-order chi connectivity index (χ1) is 8.51. The molecule has 2 rings (SSSR count). The summed E-state index contributed by atoms with van der Waals surface area (Å²) < 4.78 is 5.01. The van der Waals surface area contributed by atoms with Crippen LogP contribution in [0.25, 0.3) is 6.08 Å². The molecule has 1 fully saturated rings. The number of amides is 3. The Balaban J connectivity index is 2.39. The van der Waals surface area contributed by atoms with E-state index in [1.54, 1.807) is 12.1 Å². The molecule has 0 unspecified atom stereocenters. The van der Waals surface area contributed by atoms with Crippen molar-refractivity contribution in [2.45, 2.75) is 0 Å². The molecule has 7 heteroatoms. The summed E-state index contributed by atoms with van der Waals surface area (Å²) in [4.78, 5) is 22.3. The van der Waals surface area contributed by atoms with E-state index >= 15 is 0 Å². The molecule has 0 atom stereocenters. The molecule has 1 aromatic rings. The second kappa shape index (κ2) is 4.88. The minimum Gasteiger partial charge on any atom is -0.494 e. The Morgan fingerprint density at radius 3 is 2.22 bits per heavy atom. The monoisotopic (exact) mass is 286 g/mol. The summed E-state index contributed by atoms with van der Waals surface area (Å²) in [5.41, 5.74) is 0.718. The van der Waals surface area contributed by atoms with Crippen LogP contribution < -0.4 is 15.4 Å². The van der Waals surface area contributed by atoms with E-state index in [1.807, 2.05) is 0 Å². The maximum atomic E-state index is 11.3. The molecule has 0 spiro atoms. The highest BCUT2D eigenvalue weighted by atomic mass is 35.5. The fraction of sp³-hybridized carbons (Fsp3) is 0.0909. The Bertz CT molecular complexity index is 546. The summed E-state index contributed by atoms with van der Waals surface area (Å²) >= 11 is 11.9.